The summed E-state index contributed by atoms with van der Waals surface area (Å²) >= 11 is 5.16. The van der Waals surface area contributed by atoms with Gasteiger partial charge in [0.15, 0.2) is 0 Å². The fraction of sp³-hybridized carbons (Fsp3) is 0.500. The molecule has 2 N–H and O–H groups in total. The number of nitrogens with two attached hydrogens (primary N) is 1. The Hall–Kier alpha value is -1.13. The second-order valence-electron chi connectivity index (χ2n) is 5.19. The summed E-state index contributed by atoms with van der Waals surface area (Å²) in [6.07, 6.45) is 0. The molecule has 2 rings (SSSR count). The lowest BCUT2D eigenvalue weighted by molar-refractivity contribution is 0.275. The maximum absolute atomic E-state index is 5.84. The Bertz CT molecular complexity index is 458. The number of benzene rings is 1. The Morgan fingerprint density at radius 2 is 2.11 bits per heavy atom. The summed E-state index contributed by atoms with van der Waals surface area (Å²) in [4.78, 5) is 5.26. The first-order valence-corrected chi connectivity index (χ1v) is 6.75. The van der Waals surface area contributed by atoms with Crippen LogP contribution in [0, 0.1) is 6.92 Å². The summed E-state index contributed by atoms with van der Waals surface area (Å²) in [5.41, 5.74) is 9.26. The summed E-state index contributed by atoms with van der Waals surface area (Å²) in [6.45, 7) is 7.53. The fourth-order valence-electron chi connectivity index (χ4n) is 2.59. The SMILES string of the molecule is Cc1ccc(C(N)=S)c(N2CCN(C)CC2C)c1. The summed E-state index contributed by atoms with van der Waals surface area (Å²) in [6, 6.07) is 6.78. The van der Waals surface area contributed by atoms with E-state index in [-0.39, 0.29) is 0 Å². The molecule has 4 heteroatoms. The number of anilines is 1. The van der Waals surface area contributed by atoms with Crippen molar-refractivity contribution >= 4 is 22.9 Å². The van der Waals surface area contributed by atoms with Gasteiger partial charge in [-0.3, -0.25) is 0 Å². The highest BCUT2D eigenvalue weighted by Gasteiger charge is 2.24. The molecule has 0 aromatic heterocycles. The molecule has 0 bridgehead atoms. The Morgan fingerprint density at radius 1 is 1.39 bits per heavy atom. The van der Waals surface area contributed by atoms with Crippen LogP contribution in [0.3, 0.4) is 0 Å². The number of hydrogen-bond donors (Lipinski definition) is 1. The largest absolute Gasteiger partial charge is 0.389 e. The van der Waals surface area contributed by atoms with Gasteiger partial charge in [-0.2, -0.15) is 0 Å². The molecule has 0 spiro atoms. The molecular formula is C14H21N3S. The second-order valence-corrected chi connectivity index (χ2v) is 5.63. The van der Waals surface area contributed by atoms with Crippen LogP contribution < -0.4 is 10.6 Å². The third-order valence-corrected chi connectivity index (χ3v) is 3.78. The average Bonchev–Trinajstić information content (AvgIpc) is 2.28. The minimum atomic E-state index is 0.483. The van der Waals surface area contributed by atoms with Gasteiger partial charge in [-0.05, 0) is 38.6 Å². The molecule has 0 aliphatic carbocycles. The molecular weight excluding hydrogens is 242 g/mol. The van der Waals surface area contributed by atoms with Crippen molar-refractivity contribution in [1.29, 1.82) is 0 Å². The van der Waals surface area contributed by atoms with Crippen molar-refractivity contribution in [3.05, 3.63) is 29.3 Å². The summed E-state index contributed by atoms with van der Waals surface area (Å²) in [7, 11) is 2.17. The maximum Gasteiger partial charge on any atom is 0.106 e. The van der Waals surface area contributed by atoms with Crippen molar-refractivity contribution in [3.8, 4) is 0 Å². The van der Waals surface area contributed by atoms with Crippen molar-refractivity contribution in [2.24, 2.45) is 5.73 Å². The normalized spacial score (nSPS) is 21.1. The molecule has 0 amide bonds. The predicted molar refractivity (Wildman–Crippen MR) is 81.4 cm³/mol. The highest BCUT2D eigenvalue weighted by atomic mass is 32.1. The van der Waals surface area contributed by atoms with Crippen LogP contribution in [-0.4, -0.2) is 42.6 Å². The fourth-order valence-corrected chi connectivity index (χ4v) is 2.76. The quantitative estimate of drug-likeness (QED) is 0.824. The molecule has 1 aliphatic rings. The van der Waals surface area contributed by atoms with Gasteiger partial charge in [0, 0.05) is 36.9 Å². The summed E-state index contributed by atoms with van der Waals surface area (Å²) in [5, 5.41) is 0. The molecule has 1 aromatic carbocycles. The van der Waals surface area contributed by atoms with E-state index in [0.29, 0.717) is 11.0 Å². The van der Waals surface area contributed by atoms with Gasteiger partial charge >= 0.3 is 0 Å². The van der Waals surface area contributed by atoms with Crippen molar-refractivity contribution in [3.63, 3.8) is 0 Å². The van der Waals surface area contributed by atoms with E-state index in [1.807, 2.05) is 6.07 Å². The molecule has 1 aromatic rings. The van der Waals surface area contributed by atoms with Gasteiger partial charge in [-0.15, -0.1) is 0 Å². The number of aryl methyl sites for hydroxylation is 1. The lowest BCUT2D eigenvalue weighted by Crippen LogP contribution is -2.51. The lowest BCUT2D eigenvalue weighted by Gasteiger charge is -2.40. The standard InChI is InChI=1S/C14H21N3S/c1-10-4-5-12(14(15)18)13(8-10)17-7-6-16(3)9-11(17)2/h4-5,8,11H,6-7,9H2,1-3H3,(H2,15,18). The molecule has 1 heterocycles. The van der Waals surface area contributed by atoms with Crippen LogP contribution in [0.25, 0.3) is 0 Å². The van der Waals surface area contributed by atoms with Gasteiger partial charge < -0.3 is 15.5 Å². The van der Waals surface area contributed by atoms with E-state index in [4.69, 9.17) is 18.0 Å². The van der Waals surface area contributed by atoms with Crippen LogP contribution in [0.4, 0.5) is 5.69 Å². The number of hydrogen-bond acceptors (Lipinski definition) is 3. The highest BCUT2D eigenvalue weighted by molar-refractivity contribution is 7.80. The van der Waals surface area contributed by atoms with Crippen molar-refractivity contribution in [2.75, 3.05) is 31.6 Å². The van der Waals surface area contributed by atoms with Crippen LogP contribution in [0.15, 0.2) is 18.2 Å². The second kappa shape index (κ2) is 5.24. The monoisotopic (exact) mass is 263 g/mol. The zero-order chi connectivity index (χ0) is 13.3. The molecule has 98 valence electrons. The van der Waals surface area contributed by atoms with E-state index >= 15 is 0 Å². The van der Waals surface area contributed by atoms with Crippen LogP contribution in [0.2, 0.25) is 0 Å². The molecule has 1 fully saturated rings. The van der Waals surface area contributed by atoms with Crippen molar-refractivity contribution in [2.45, 2.75) is 19.9 Å². The van der Waals surface area contributed by atoms with Gasteiger partial charge in [0.25, 0.3) is 0 Å². The molecule has 1 atom stereocenters. The molecule has 1 aliphatic heterocycles. The van der Waals surface area contributed by atoms with Crippen LogP contribution in [0.5, 0.6) is 0 Å². The Morgan fingerprint density at radius 3 is 2.72 bits per heavy atom. The van der Waals surface area contributed by atoms with Gasteiger partial charge in [0.2, 0.25) is 0 Å². The van der Waals surface area contributed by atoms with Crippen molar-refractivity contribution < 1.29 is 0 Å². The Kier molecular flexibility index (Phi) is 3.88. The maximum atomic E-state index is 5.84. The van der Waals surface area contributed by atoms with E-state index in [9.17, 15) is 0 Å². The minimum Gasteiger partial charge on any atom is -0.389 e. The molecule has 1 unspecified atom stereocenters. The predicted octanol–water partition coefficient (Wildman–Crippen LogP) is 1.77. The number of rotatable bonds is 2. The minimum absolute atomic E-state index is 0.483. The highest BCUT2D eigenvalue weighted by Crippen LogP contribution is 2.26. The molecule has 3 nitrogen and oxygen atoms in total. The zero-order valence-electron chi connectivity index (χ0n) is 11.3. The molecule has 18 heavy (non-hydrogen) atoms. The third-order valence-electron chi connectivity index (χ3n) is 3.56. The first-order chi connectivity index (χ1) is 8.49. The Balaban J connectivity index is 2.37. The van der Waals surface area contributed by atoms with Crippen molar-refractivity contribution in [1.82, 2.24) is 4.90 Å². The van der Waals surface area contributed by atoms with Gasteiger partial charge in [-0.1, -0.05) is 18.3 Å². The zero-order valence-corrected chi connectivity index (χ0v) is 12.1. The van der Waals surface area contributed by atoms with E-state index < -0.39 is 0 Å². The van der Waals surface area contributed by atoms with E-state index in [0.717, 1.165) is 25.2 Å². The number of thiocarbonyl (C=S) groups is 1. The first kappa shape index (κ1) is 13.3. The van der Waals surface area contributed by atoms with Crippen LogP contribution in [0.1, 0.15) is 18.1 Å². The topological polar surface area (TPSA) is 32.5 Å². The molecule has 1 saturated heterocycles. The van der Waals surface area contributed by atoms with E-state index in [1.54, 1.807) is 0 Å². The van der Waals surface area contributed by atoms with E-state index in [1.165, 1.54) is 11.3 Å². The number of piperazine rings is 1. The van der Waals surface area contributed by atoms with Gasteiger partial charge in [-0.25, -0.2) is 0 Å². The summed E-state index contributed by atoms with van der Waals surface area (Å²) < 4.78 is 0. The lowest BCUT2D eigenvalue weighted by atomic mass is 10.1. The third kappa shape index (κ3) is 2.65. The average molecular weight is 263 g/mol. The van der Waals surface area contributed by atoms with Gasteiger partial charge in [0.05, 0.1) is 0 Å². The summed E-state index contributed by atoms with van der Waals surface area (Å²) in [5.74, 6) is 0. The van der Waals surface area contributed by atoms with Crippen LogP contribution in [-0.2, 0) is 0 Å². The number of nitrogens with zero attached hydrogens (tertiary/aromatic N) is 2. The van der Waals surface area contributed by atoms with Crippen LogP contribution >= 0.6 is 12.2 Å². The molecule has 0 radical (unpaired) electrons. The smallest absolute Gasteiger partial charge is 0.106 e. The van der Waals surface area contributed by atoms with Gasteiger partial charge in [0.1, 0.15) is 4.99 Å². The Labute approximate surface area is 115 Å². The van der Waals surface area contributed by atoms with E-state index in [2.05, 4.69) is 42.8 Å². The first-order valence-electron chi connectivity index (χ1n) is 6.34. The number of likely N-dealkylation sites (N-methyl/N-ethyl adjacent to an activating group) is 1. The molecule has 0 saturated carbocycles.